The summed E-state index contributed by atoms with van der Waals surface area (Å²) in [6.45, 7) is -0.0687. The summed E-state index contributed by atoms with van der Waals surface area (Å²) < 4.78 is 29.8. The number of rotatable bonds is 5. The fourth-order valence-electron chi connectivity index (χ4n) is 4.01. The molecule has 2 amide bonds. The van der Waals surface area contributed by atoms with Gasteiger partial charge < -0.3 is 10.2 Å². The molecule has 0 radical (unpaired) electrons. The molecule has 1 aliphatic carbocycles. The number of carbonyl (C=O) groups excluding carboxylic acids is 4. The number of aromatic nitrogens is 2. The summed E-state index contributed by atoms with van der Waals surface area (Å²) in [5.41, 5.74) is -0.0902. The molecule has 4 rings (SSSR count). The Hall–Kier alpha value is -3.76. The third kappa shape index (κ3) is 4.18. The van der Waals surface area contributed by atoms with Crippen LogP contribution in [-0.2, 0) is 40.4 Å². The fraction of sp³-hybridized carbons (Fsp3) is 0.364. The highest BCUT2D eigenvalue weighted by Gasteiger charge is 2.42. The van der Waals surface area contributed by atoms with Crippen molar-refractivity contribution in [1.82, 2.24) is 20.0 Å². The first-order valence-electron chi connectivity index (χ1n) is 10.2. The van der Waals surface area contributed by atoms with E-state index in [1.165, 1.54) is 24.1 Å². The number of hydrogen-bond acceptors (Lipinski definition) is 6. The van der Waals surface area contributed by atoms with Crippen LogP contribution in [0.15, 0.2) is 35.3 Å². The molecule has 0 bridgehead atoms. The number of ketones is 2. The van der Waals surface area contributed by atoms with Gasteiger partial charge in [-0.1, -0.05) is 12.1 Å². The Kier molecular flexibility index (Phi) is 5.64. The zero-order chi connectivity index (χ0) is 23.9. The molecular weight excluding hydrogens is 438 g/mol. The van der Waals surface area contributed by atoms with Gasteiger partial charge in [0.1, 0.15) is 5.78 Å². The second-order valence-electron chi connectivity index (χ2n) is 8.12. The highest BCUT2D eigenvalue weighted by Crippen LogP contribution is 2.30. The Morgan fingerprint density at radius 1 is 1.21 bits per heavy atom. The molecule has 2 heterocycles. The Balaban J connectivity index is 1.44. The number of benzene rings is 1. The maximum atomic E-state index is 14.4. The summed E-state index contributed by atoms with van der Waals surface area (Å²) >= 11 is 0. The highest BCUT2D eigenvalue weighted by atomic mass is 19.3. The van der Waals surface area contributed by atoms with E-state index in [0.29, 0.717) is 22.8 Å². The van der Waals surface area contributed by atoms with E-state index in [-0.39, 0.29) is 49.8 Å². The number of aryl methyl sites for hydroxylation is 1. The van der Waals surface area contributed by atoms with Crippen LogP contribution in [0.4, 0.5) is 8.78 Å². The van der Waals surface area contributed by atoms with Gasteiger partial charge >= 0.3 is 5.92 Å². The van der Waals surface area contributed by atoms with Gasteiger partial charge in [0, 0.05) is 38.2 Å². The first-order chi connectivity index (χ1) is 15.6. The molecule has 0 spiro atoms. The van der Waals surface area contributed by atoms with Gasteiger partial charge in [-0.3, -0.25) is 24.0 Å². The van der Waals surface area contributed by atoms with Gasteiger partial charge in [0.25, 0.3) is 17.4 Å². The number of hydrogen-bond donors (Lipinski definition) is 1. The Labute approximate surface area is 186 Å². The van der Waals surface area contributed by atoms with Crippen LogP contribution in [-0.4, -0.2) is 44.1 Å². The standard InChI is InChI=1S/C22H20F2N4O5/c1-27-19(31)7-14(10-26-27)22(23,24)21(33)25-9-12-2-4-16-13(6-12)11-28(20(16)32)17-5-3-15(29)8-18(17)30/h2,4,6-7,10,17H,3,5,8-9,11H2,1H3,(H,25,33). The van der Waals surface area contributed by atoms with Crippen molar-refractivity contribution in [3.63, 3.8) is 0 Å². The third-order valence-electron chi connectivity index (χ3n) is 5.89. The molecule has 1 N–H and O–H groups in total. The van der Waals surface area contributed by atoms with Gasteiger partial charge in [0.05, 0.1) is 24.2 Å². The van der Waals surface area contributed by atoms with Crippen molar-refractivity contribution in [3.8, 4) is 0 Å². The summed E-state index contributed by atoms with van der Waals surface area (Å²) in [5, 5.41) is 5.66. The van der Waals surface area contributed by atoms with E-state index in [4.69, 9.17) is 0 Å². The molecule has 1 unspecified atom stereocenters. The second-order valence-corrected chi connectivity index (χ2v) is 8.12. The monoisotopic (exact) mass is 458 g/mol. The van der Waals surface area contributed by atoms with Crippen molar-refractivity contribution < 1.29 is 28.0 Å². The predicted molar refractivity (Wildman–Crippen MR) is 109 cm³/mol. The van der Waals surface area contributed by atoms with Crippen LogP contribution in [0.25, 0.3) is 0 Å². The smallest absolute Gasteiger partial charge is 0.346 e. The molecule has 33 heavy (non-hydrogen) atoms. The Morgan fingerprint density at radius 2 is 1.97 bits per heavy atom. The van der Waals surface area contributed by atoms with E-state index < -0.39 is 29.0 Å². The lowest BCUT2D eigenvalue weighted by Gasteiger charge is -2.29. The SMILES string of the molecule is Cn1ncc(C(F)(F)C(=O)NCc2ccc3c(c2)CN(C2CCC(=O)CC2=O)C3=O)cc1=O. The first kappa shape index (κ1) is 22.4. The quantitative estimate of drug-likeness (QED) is 0.664. The summed E-state index contributed by atoms with van der Waals surface area (Å²) in [7, 11) is 1.30. The molecule has 1 saturated carbocycles. The highest BCUT2D eigenvalue weighted by molar-refractivity contribution is 6.07. The van der Waals surface area contributed by atoms with E-state index in [0.717, 1.165) is 10.9 Å². The molecule has 1 aromatic carbocycles. The van der Waals surface area contributed by atoms with E-state index in [1.807, 2.05) is 0 Å². The minimum atomic E-state index is -3.96. The average Bonchev–Trinajstić information content (AvgIpc) is 3.09. The number of carbonyl (C=O) groups is 4. The second kappa shape index (κ2) is 8.30. The molecule has 9 nitrogen and oxygen atoms in total. The maximum absolute atomic E-state index is 14.4. The van der Waals surface area contributed by atoms with Crippen molar-refractivity contribution in [2.24, 2.45) is 7.05 Å². The van der Waals surface area contributed by atoms with Crippen molar-refractivity contribution in [3.05, 3.63) is 63.1 Å². The van der Waals surface area contributed by atoms with Crippen LogP contribution in [0.1, 0.15) is 46.3 Å². The molecule has 1 fully saturated rings. The molecule has 2 aliphatic rings. The number of halogens is 2. The largest absolute Gasteiger partial charge is 0.351 e. The summed E-state index contributed by atoms with van der Waals surface area (Å²) in [5.74, 6) is -6.29. The zero-order valence-corrected chi connectivity index (χ0v) is 17.6. The van der Waals surface area contributed by atoms with Crippen molar-refractivity contribution >= 4 is 23.4 Å². The lowest BCUT2D eigenvalue weighted by atomic mass is 9.92. The Bertz CT molecular complexity index is 1240. The van der Waals surface area contributed by atoms with Gasteiger partial charge in [-0.25, -0.2) is 4.68 Å². The predicted octanol–water partition coefficient (Wildman–Crippen LogP) is 0.835. The third-order valence-corrected chi connectivity index (χ3v) is 5.89. The molecule has 1 aliphatic heterocycles. The van der Waals surface area contributed by atoms with E-state index in [1.54, 1.807) is 6.07 Å². The first-order valence-corrected chi connectivity index (χ1v) is 10.2. The molecular formula is C22H20F2N4O5. The molecule has 0 saturated heterocycles. The summed E-state index contributed by atoms with van der Waals surface area (Å²) in [6, 6.07) is 4.67. The molecule has 172 valence electrons. The van der Waals surface area contributed by atoms with E-state index >= 15 is 0 Å². The Morgan fingerprint density at radius 3 is 2.67 bits per heavy atom. The minimum Gasteiger partial charge on any atom is -0.346 e. The normalized spacial score (nSPS) is 18.5. The van der Waals surface area contributed by atoms with Gasteiger partial charge in [-0.05, 0) is 23.6 Å². The molecule has 1 aromatic heterocycles. The van der Waals surface area contributed by atoms with Crippen molar-refractivity contribution in [2.75, 3.05) is 0 Å². The number of nitrogens with zero attached hydrogens (tertiary/aromatic N) is 3. The van der Waals surface area contributed by atoms with Crippen LogP contribution in [0.3, 0.4) is 0 Å². The van der Waals surface area contributed by atoms with Crippen molar-refractivity contribution in [1.29, 1.82) is 0 Å². The van der Waals surface area contributed by atoms with Gasteiger partial charge in [-0.2, -0.15) is 13.9 Å². The van der Waals surface area contributed by atoms with Gasteiger partial charge in [0.15, 0.2) is 5.78 Å². The number of alkyl halides is 2. The lowest BCUT2D eigenvalue weighted by molar-refractivity contribution is -0.147. The maximum Gasteiger partial charge on any atom is 0.351 e. The van der Waals surface area contributed by atoms with Crippen LogP contribution < -0.4 is 10.9 Å². The topological polar surface area (TPSA) is 118 Å². The molecule has 11 heteroatoms. The van der Waals surface area contributed by atoms with Gasteiger partial charge in [-0.15, -0.1) is 0 Å². The minimum absolute atomic E-state index is 0.137. The van der Waals surface area contributed by atoms with Crippen LogP contribution in [0, 0.1) is 0 Å². The van der Waals surface area contributed by atoms with E-state index in [2.05, 4.69) is 10.4 Å². The number of nitrogens with one attached hydrogen (secondary N) is 1. The number of fused-ring (bicyclic) bond motifs is 1. The summed E-state index contributed by atoms with van der Waals surface area (Å²) in [4.78, 5) is 61.5. The zero-order valence-electron chi connectivity index (χ0n) is 17.6. The number of amides is 2. The van der Waals surface area contributed by atoms with Crippen LogP contribution in [0.5, 0.6) is 0 Å². The average molecular weight is 458 g/mol. The fourth-order valence-corrected chi connectivity index (χ4v) is 4.01. The number of Topliss-reactive ketones (excluding diaryl/α,β-unsaturated/α-hetero) is 2. The van der Waals surface area contributed by atoms with Crippen molar-refractivity contribution in [2.45, 2.75) is 44.3 Å². The summed E-state index contributed by atoms with van der Waals surface area (Å²) in [6.07, 6.45) is 1.11. The van der Waals surface area contributed by atoms with Crippen LogP contribution in [0.2, 0.25) is 0 Å². The van der Waals surface area contributed by atoms with Gasteiger partial charge in [0.2, 0.25) is 0 Å². The lowest BCUT2D eigenvalue weighted by Crippen LogP contribution is -2.44. The van der Waals surface area contributed by atoms with E-state index in [9.17, 15) is 32.8 Å². The molecule has 2 aromatic rings. The van der Waals surface area contributed by atoms with Crippen LogP contribution >= 0.6 is 0 Å². The molecule has 1 atom stereocenters.